The smallest absolute Gasteiger partial charge is 0.225 e. The Hall–Kier alpha value is -1.92. The average Bonchev–Trinajstić information content (AvgIpc) is 3.10. The zero-order valence-electron chi connectivity index (χ0n) is 12.0. The zero-order valence-corrected chi connectivity index (χ0v) is 12.8. The number of carbonyl (C=O) groups is 1. The highest BCUT2D eigenvalue weighted by molar-refractivity contribution is 6.31. The van der Waals surface area contributed by atoms with Crippen molar-refractivity contribution in [3.05, 3.63) is 46.5 Å². The van der Waals surface area contributed by atoms with Crippen molar-refractivity contribution >= 4 is 17.5 Å². The number of nitrogens with two attached hydrogens (primary N) is 1. The van der Waals surface area contributed by atoms with Gasteiger partial charge >= 0.3 is 0 Å². The molecule has 2 heterocycles. The molecule has 0 saturated carbocycles. The number of halogens is 1. The third kappa shape index (κ3) is 3.28. The topological polar surface area (TPSA) is 83.0 Å². The van der Waals surface area contributed by atoms with Gasteiger partial charge in [-0.1, -0.05) is 29.8 Å². The number of carbonyl (C=O) groups excluding carboxylic acids is 1. The molecule has 2 aromatic rings. The number of aromatic nitrogens is 3. The molecule has 1 aromatic heterocycles. The number of ether oxygens (including phenoxy) is 1. The molecule has 1 aromatic carbocycles. The quantitative estimate of drug-likeness (QED) is 0.905. The minimum atomic E-state index is -0.441. The van der Waals surface area contributed by atoms with E-state index in [0.29, 0.717) is 24.0 Å². The second kappa shape index (κ2) is 6.46. The second-order valence-electron chi connectivity index (χ2n) is 5.34. The van der Waals surface area contributed by atoms with Gasteiger partial charge in [0.15, 0.2) is 5.82 Å². The summed E-state index contributed by atoms with van der Waals surface area (Å²) in [6, 6.07) is 7.61. The first-order chi connectivity index (χ1) is 10.6. The van der Waals surface area contributed by atoms with Gasteiger partial charge in [-0.3, -0.25) is 4.79 Å². The molecular formula is C15H17ClN4O2. The predicted octanol–water partition coefficient (Wildman–Crippen LogP) is 1.51. The highest BCUT2D eigenvalue weighted by Crippen LogP contribution is 2.25. The van der Waals surface area contributed by atoms with Crippen LogP contribution < -0.4 is 5.73 Å². The molecule has 0 bridgehead atoms. The normalized spacial score (nSPS) is 17.8. The van der Waals surface area contributed by atoms with Crippen LogP contribution in [0.5, 0.6) is 0 Å². The van der Waals surface area contributed by atoms with Crippen molar-refractivity contribution in [3.63, 3.8) is 0 Å². The number of nitrogens with zero attached hydrogens (tertiary/aromatic N) is 3. The molecule has 1 saturated heterocycles. The van der Waals surface area contributed by atoms with E-state index in [4.69, 9.17) is 22.1 Å². The van der Waals surface area contributed by atoms with E-state index in [1.165, 1.54) is 0 Å². The minimum absolute atomic E-state index is 0.0378. The van der Waals surface area contributed by atoms with Crippen molar-refractivity contribution in [3.8, 4) is 0 Å². The third-order valence-corrected chi connectivity index (χ3v) is 4.02. The second-order valence-corrected chi connectivity index (χ2v) is 5.75. The van der Waals surface area contributed by atoms with E-state index in [2.05, 4.69) is 10.1 Å². The summed E-state index contributed by atoms with van der Waals surface area (Å²) in [5.41, 5.74) is 6.20. The largest absolute Gasteiger partial charge is 0.381 e. The fourth-order valence-electron chi connectivity index (χ4n) is 2.58. The molecule has 3 rings (SSSR count). The Bertz CT molecular complexity index is 680. The minimum Gasteiger partial charge on any atom is -0.381 e. The Balaban J connectivity index is 1.91. The summed E-state index contributed by atoms with van der Waals surface area (Å²) in [5, 5.41) is 5.11. The molecule has 1 amide bonds. The van der Waals surface area contributed by atoms with Gasteiger partial charge in [0.25, 0.3) is 0 Å². The predicted molar refractivity (Wildman–Crippen MR) is 81.7 cm³/mol. The summed E-state index contributed by atoms with van der Waals surface area (Å²) < 4.78 is 7.24. The molecule has 1 aliphatic rings. The highest BCUT2D eigenvalue weighted by atomic mass is 35.5. The van der Waals surface area contributed by atoms with E-state index in [-0.39, 0.29) is 12.3 Å². The fraction of sp³-hybridized carbons (Fsp3) is 0.400. The molecule has 116 valence electrons. The van der Waals surface area contributed by atoms with Crippen LogP contribution in [0.2, 0.25) is 5.02 Å². The first-order valence-corrected chi connectivity index (χ1v) is 7.54. The highest BCUT2D eigenvalue weighted by Gasteiger charge is 2.25. The van der Waals surface area contributed by atoms with Crippen LogP contribution in [0, 0.1) is 0 Å². The lowest BCUT2D eigenvalue weighted by molar-refractivity contribution is -0.117. The summed E-state index contributed by atoms with van der Waals surface area (Å²) in [6.07, 6.45) is 0.938. The lowest BCUT2D eigenvalue weighted by Gasteiger charge is -2.10. The van der Waals surface area contributed by atoms with Crippen molar-refractivity contribution in [1.29, 1.82) is 0 Å². The molecule has 1 aliphatic heterocycles. The maximum absolute atomic E-state index is 11.1. The van der Waals surface area contributed by atoms with Gasteiger partial charge in [0, 0.05) is 17.5 Å². The van der Waals surface area contributed by atoms with Crippen molar-refractivity contribution in [2.45, 2.75) is 25.3 Å². The Morgan fingerprint density at radius 1 is 1.45 bits per heavy atom. The van der Waals surface area contributed by atoms with E-state index >= 15 is 0 Å². The van der Waals surface area contributed by atoms with E-state index in [9.17, 15) is 4.79 Å². The van der Waals surface area contributed by atoms with Crippen LogP contribution in [0.25, 0.3) is 0 Å². The number of rotatable bonds is 5. The van der Waals surface area contributed by atoms with Crippen molar-refractivity contribution < 1.29 is 9.53 Å². The fourth-order valence-corrected chi connectivity index (χ4v) is 2.77. The molecule has 22 heavy (non-hydrogen) atoms. The number of amides is 1. The van der Waals surface area contributed by atoms with Crippen LogP contribution in [-0.2, 0) is 22.5 Å². The first-order valence-electron chi connectivity index (χ1n) is 7.16. The Morgan fingerprint density at radius 3 is 2.95 bits per heavy atom. The Morgan fingerprint density at radius 2 is 2.27 bits per heavy atom. The molecule has 0 spiro atoms. The van der Waals surface area contributed by atoms with Crippen LogP contribution in [0.3, 0.4) is 0 Å². The van der Waals surface area contributed by atoms with E-state index in [1.54, 1.807) is 4.68 Å². The van der Waals surface area contributed by atoms with Gasteiger partial charge in [0.1, 0.15) is 5.82 Å². The summed E-state index contributed by atoms with van der Waals surface area (Å²) >= 11 is 6.22. The zero-order chi connectivity index (χ0) is 15.5. The van der Waals surface area contributed by atoms with Crippen molar-refractivity contribution in [2.75, 3.05) is 13.2 Å². The van der Waals surface area contributed by atoms with Gasteiger partial charge in [0.05, 0.1) is 19.6 Å². The third-order valence-electron chi connectivity index (χ3n) is 3.65. The SMILES string of the molecule is NC(=O)Cc1nc([C@@H]2CCOC2)n(Cc2ccccc2Cl)n1. The molecule has 1 fully saturated rings. The Kier molecular flexibility index (Phi) is 4.40. The van der Waals surface area contributed by atoms with Gasteiger partial charge in [-0.15, -0.1) is 0 Å². The molecule has 6 nitrogen and oxygen atoms in total. The number of primary amides is 1. The van der Waals surface area contributed by atoms with Crippen LogP contribution in [0.4, 0.5) is 0 Å². The van der Waals surface area contributed by atoms with Gasteiger partial charge in [-0.25, -0.2) is 9.67 Å². The monoisotopic (exact) mass is 320 g/mol. The molecule has 1 atom stereocenters. The van der Waals surface area contributed by atoms with E-state index in [0.717, 1.165) is 24.4 Å². The summed E-state index contributed by atoms with van der Waals surface area (Å²) in [6.45, 7) is 1.85. The molecule has 0 radical (unpaired) electrons. The molecule has 0 aliphatic carbocycles. The van der Waals surface area contributed by atoms with Crippen LogP contribution >= 0.6 is 11.6 Å². The number of hydrogen-bond acceptors (Lipinski definition) is 4. The van der Waals surface area contributed by atoms with Crippen LogP contribution in [-0.4, -0.2) is 33.9 Å². The molecule has 0 unspecified atom stereocenters. The van der Waals surface area contributed by atoms with Crippen molar-refractivity contribution in [2.24, 2.45) is 5.73 Å². The van der Waals surface area contributed by atoms with Gasteiger partial charge in [-0.05, 0) is 18.1 Å². The van der Waals surface area contributed by atoms with E-state index < -0.39 is 5.91 Å². The lowest BCUT2D eigenvalue weighted by Crippen LogP contribution is -2.15. The van der Waals surface area contributed by atoms with Crippen LogP contribution in [0.15, 0.2) is 24.3 Å². The van der Waals surface area contributed by atoms with Gasteiger partial charge in [-0.2, -0.15) is 5.10 Å². The Labute approximate surface area is 133 Å². The summed E-state index contributed by atoms with van der Waals surface area (Å²) in [5.74, 6) is 1.02. The first kappa shape index (κ1) is 15.0. The summed E-state index contributed by atoms with van der Waals surface area (Å²) in [4.78, 5) is 15.6. The molecular weight excluding hydrogens is 304 g/mol. The lowest BCUT2D eigenvalue weighted by atomic mass is 10.1. The average molecular weight is 321 g/mol. The number of hydrogen-bond donors (Lipinski definition) is 1. The van der Waals surface area contributed by atoms with Gasteiger partial charge in [0.2, 0.25) is 5.91 Å². The van der Waals surface area contributed by atoms with Crippen molar-refractivity contribution in [1.82, 2.24) is 14.8 Å². The van der Waals surface area contributed by atoms with Crippen LogP contribution in [0.1, 0.15) is 29.6 Å². The standard InChI is InChI=1S/C15H17ClN4O2/c16-12-4-2-1-3-10(12)8-20-15(11-5-6-22-9-11)18-14(19-20)7-13(17)21/h1-4,11H,5-9H2,(H2,17,21)/t11-/m1/s1. The van der Waals surface area contributed by atoms with E-state index in [1.807, 2.05) is 24.3 Å². The van der Waals surface area contributed by atoms with Gasteiger partial charge < -0.3 is 10.5 Å². The maximum Gasteiger partial charge on any atom is 0.225 e. The maximum atomic E-state index is 11.1. The number of benzene rings is 1. The molecule has 2 N–H and O–H groups in total. The summed E-state index contributed by atoms with van der Waals surface area (Å²) in [7, 11) is 0. The molecule has 7 heteroatoms.